The van der Waals surface area contributed by atoms with Crippen LogP contribution >= 0.6 is 0 Å². The number of nitrogens with zero attached hydrogens (tertiary/aromatic N) is 7. The molecule has 168 valence electrons. The first-order chi connectivity index (χ1) is 16.3. The Hall–Kier alpha value is -3.39. The fraction of sp³-hybridized carbons (Fsp3) is 0.360. The van der Waals surface area contributed by atoms with Crippen LogP contribution in [-0.2, 0) is 0 Å². The van der Waals surface area contributed by atoms with Crippen molar-refractivity contribution in [1.29, 1.82) is 0 Å². The molecule has 7 nitrogen and oxygen atoms in total. The highest BCUT2D eigenvalue weighted by Crippen LogP contribution is 2.33. The molecule has 0 bridgehead atoms. The molecular weight excluding hydrogens is 417 g/mol. The Balaban J connectivity index is 1.37. The maximum atomic E-state index is 13.6. The standard InChI is InChI=1S/C25H26FN7/c26-20-5-3-18(4-6-20)24-25(19-9-12-27-28-17-19)33-22(29-24)7-8-23(30-33)32-15-10-21(11-16-32)31-13-1-2-14-31/h3-9,12,17,21H,1-2,10-11,13-16H2. The Morgan fingerprint density at radius 2 is 1.61 bits per heavy atom. The SMILES string of the molecule is Fc1ccc(-c2nc3ccc(N4CCC(N5CCCC5)CC4)nn3c2-c2ccnnc2)cc1. The van der Waals surface area contributed by atoms with E-state index in [0.29, 0.717) is 6.04 Å². The van der Waals surface area contributed by atoms with Crippen LogP contribution in [0.3, 0.4) is 0 Å². The summed E-state index contributed by atoms with van der Waals surface area (Å²) in [7, 11) is 0. The fourth-order valence-electron chi connectivity index (χ4n) is 5.16. The molecule has 2 aliphatic heterocycles. The number of hydrogen-bond donors (Lipinski definition) is 0. The number of fused-ring (bicyclic) bond motifs is 1. The Kier molecular flexibility index (Phi) is 5.22. The Morgan fingerprint density at radius 3 is 2.33 bits per heavy atom. The van der Waals surface area contributed by atoms with Crippen LogP contribution in [0.2, 0.25) is 0 Å². The van der Waals surface area contributed by atoms with Crippen LogP contribution in [0.5, 0.6) is 0 Å². The molecule has 0 amide bonds. The molecule has 0 spiro atoms. The Labute approximate surface area is 191 Å². The molecule has 2 aliphatic rings. The maximum Gasteiger partial charge on any atom is 0.155 e. The summed E-state index contributed by atoms with van der Waals surface area (Å²) in [6.07, 6.45) is 8.39. The normalized spacial score (nSPS) is 17.8. The van der Waals surface area contributed by atoms with E-state index in [1.165, 1.54) is 50.9 Å². The highest BCUT2D eigenvalue weighted by atomic mass is 19.1. The van der Waals surface area contributed by atoms with E-state index in [1.54, 1.807) is 24.5 Å². The molecule has 0 saturated carbocycles. The second-order valence-corrected chi connectivity index (χ2v) is 8.87. The van der Waals surface area contributed by atoms with Gasteiger partial charge in [-0.1, -0.05) is 0 Å². The van der Waals surface area contributed by atoms with Crippen LogP contribution in [0.1, 0.15) is 25.7 Å². The van der Waals surface area contributed by atoms with Gasteiger partial charge in [-0.2, -0.15) is 10.2 Å². The van der Waals surface area contributed by atoms with Crippen LogP contribution in [-0.4, -0.2) is 61.9 Å². The number of anilines is 1. The third-order valence-electron chi connectivity index (χ3n) is 6.88. The van der Waals surface area contributed by atoms with Gasteiger partial charge < -0.3 is 9.80 Å². The molecule has 4 aromatic rings. The number of imidazole rings is 1. The second-order valence-electron chi connectivity index (χ2n) is 8.87. The molecule has 6 rings (SSSR count). The highest BCUT2D eigenvalue weighted by Gasteiger charge is 2.27. The molecular formula is C25H26FN7. The molecule has 0 radical (unpaired) electrons. The van der Waals surface area contributed by atoms with Crippen LogP contribution < -0.4 is 4.90 Å². The molecule has 0 unspecified atom stereocenters. The lowest BCUT2D eigenvalue weighted by Crippen LogP contribution is -2.44. The first-order valence-electron chi connectivity index (χ1n) is 11.7. The Bertz CT molecular complexity index is 1240. The van der Waals surface area contributed by atoms with Gasteiger partial charge in [-0.3, -0.25) is 0 Å². The van der Waals surface area contributed by atoms with E-state index in [4.69, 9.17) is 10.1 Å². The third kappa shape index (κ3) is 3.84. The summed E-state index contributed by atoms with van der Waals surface area (Å²) in [6, 6.07) is 13.1. The maximum absolute atomic E-state index is 13.6. The molecule has 33 heavy (non-hydrogen) atoms. The van der Waals surface area contributed by atoms with Crippen LogP contribution in [0.25, 0.3) is 28.2 Å². The number of aromatic nitrogens is 5. The molecule has 0 atom stereocenters. The van der Waals surface area contributed by atoms with Crippen molar-refractivity contribution in [3.05, 3.63) is 60.7 Å². The minimum Gasteiger partial charge on any atom is -0.355 e. The number of rotatable bonds is 4. The molecule has 3 aromatic heterocycles. The largest absolute Gasteiger partial charge is 0.355 e. The predicted molar refractivity (Wildman–Crippen MR) is 125 cm³/mol. The van der Waals surface area contributed by atoms with Crippen LogP contribution in [0, 0.1) is 5.82 Å². The molecule has 5 heterocycles. The summed E-state index contributed by atoms with van der Waals surface area (Å²) in [5.74, 6) is 0.682. The van der Waals surface area contributed by atoms with Crippen molar-refractivity contribution in [1.82, 2.24) is 29.7 Å². The minimum absolute atomic E-state index is 0.271. The van der Waals surface area contributed by atoms with Crippen molar-refractivity contribution in [2.45, 2.75) is 31.7 Å². The van der Waals surface area contributed by atoms with Gasteiger partial charge in [0.15, 0.2) is 5.65 Å². The lowest BCUT2D eigenvalue weighted by atomic mass is 10.0. The molecule has 0 aliphatic carbocycles. The summed E-state index contributed by atoms with van der Waals surface area (Å²) in [5.41, 5.74) is 4.04. The zero-order chi connectivity index (χ0) is 22.2. The van der Waals surface area contributed by atoms with Gasteiger partial charge in [-0.25, -0.2) is 13.9 Å². The van der Waals surface area contributed by atoms with Crippen molar-refractivity contribution in [2.75, 3.05) is 31.1 Å². The average molecular weight is 444 g/mol. The van der Waals surface area contributed by atoms with Crippen molar-refractivity contribution in [3.63, 3.8) is 0 Å². The summed E-state index contributed by atoms with van der Waals surface area (Å²) in [6.45, 7) is 4.51. The van der Waals surface area contributed by atoms with Gasteiger partial charge in [0, 0.05) is 30.3 Å². The number of hydrogen-bond acceptors (Lipinski definition) is 6. The van der Waals surface area contributed by atoms with E-state index in [-0.39, 0.29) is 5.82 Å². The van der Waals surface area contributed by atoms with Crippen molar-refractivity contribution in [3.8, 4) is 22.5 Å². The molecule has 2 fully saturated rings. The number of halogens is 1. The molecule has 1 aromatic carbocycles. The topological polar surface area (TPSA) is 62.5 Å². The zero-order valence-corrected chi connectivity index (χ0v) is 18.4. The number of benzene rings is 1. The van der Waals surface area contributed by atoms with Crippen molar-refractivity contribution in [2.24, 2.45) is 0 Å². The predicted octanol–water partition coefficient (Wildman–Crippen LogP) is 4.06. The average Bonchev–Trinajstić information content (AvgIpc) is 3.53. The van der Waals surface area contributed by atoms with Gasteiger partial charge in [-0.05, 0) is 81.2 Å². The lowest BCUT2D eigenvalue weighted by molar-refractivity contribution is 0.207. The minimum atomic E-state index is -0.271. The van der Waals surface area contributed by atoms with E-state index in [9.17, 15) is 4.39 Å². The van der Waals surface area contributed by atoms with Gasteiger partial charge in [0.1, 0.15) is 17.3 Å². The van der Waals surface area contributed by atoms with E-state index >= 15 is 0 Å². The summed E-state index contributed by atoms with van der Waals surface area (Å²) >= 11 is 0. The number of likely N-dealkylation sites (tertiary alicyclic amines) is 1. The zero-order valence-electron chi connectivity index (χ0n) is 18.4. The van der Waals surface area contributed by atoms with Gasteiger partial charge in [0.05, 0.1) is 18.1 Å². The summed E-state index contributed by atoms with van der Waals surface area (Å²) < 4.78 is 15.4. The van der Waals surface area contributed by atoms with Gasteiger partial charge in [0.2, 0.25) is 0 Å². The van der Waals surface area contributed by atoms with Crippen LogP contribution in [0.4, 0.5) is 10.2 Å². The van der Waals surface area contributed by atoms with Gasteiger partial charge in [0.25, 0.3) is 0 Å². The monoisotopic (exact) mass is 443 g/mol. The first kappa shape index (κ1) is 20.2. The van der Waals surface area contributed by atoms with Crippen molar-refractivity contribution < 1.29 is 4.39 Å². The van der Waals surface area contributed by atoms with E-state index in [1.807, 2.05) is 16.6 Å². The first-order valence-corrected chi connectivity index (χ1v) is 11.7. The third-order valence-corrected chi connectivity index (χ3v) is 6.88. The lowest BCUT2D eigenvalue weighted by Gasteiger charge is -2.37. The van der Waals surface area contributed by atoms with Crippen molar-refractivity contribution >= 4 is 11.5 Å². The quantitative estimate of drug-likeness (QED) is 0.474. The molecule has 2 saturated heterocycles. The summed E-state index contributed by atoms with van der Waals surface area (Å²) in [4.78, 5) is 9.88. The van der Waals surface area contributed by atoms with E-state index < -0.39 is 0 Å². The second kappa shape index (κ2) is 8.51. The van der Waals surface area contributed by atoms with Gasteiger partial charge in [-0.15, -0.1) is 5.10 Å². The fourth-order valence-corrected chi connectivity index (χ4v) is 5.16. The van der Waals surface area contributed by atoms with E-state index in [0.717, 1.165) is 47.1 Å². The molecule has 0 N–H and O–H groups in total. The van der Waals surface area contributed by atoms with Gasteiger partial charge >= 0.3 is 0 Å². The molecule has 8 heteroatoms. The smallest absolute Gasteiger partial charge is 0.155 e. The highest BCUT2D eigenvalue weighted by molar-refractivity contribution is 5.81. The van der Waals surface area contributed by atoms with E-state index in [2.05, 4.69) is 26.1 Å². The Morgan fingerprint density at radius 1 is 0.818 bits per heavy atom. The summed E-state index contributed by atoms with van der Waals surface area (Å²) in [5, 5.41) is 13.0. The number of piperidine rings is 1. The van der Waals surface area contributed by atoms with Crippen LogP contribution in [0.15, 0.2) is 54.9 Å².